The van der Waals surface area contributed by atoms with Crippen LogP contribution >= 0.6 is 0 Å². The normalized spacial score (nSPS) is 13.1. The second-order valence-corrected chi connectivity index (χ2v) is 4.94. The molecule has 0 saturated heterocycles. The van der Waals surface area contributed by atoms with Gasteiger partial charge in [-0.15, -0.1) is 0 Å². The Balaban J connectivity index is 1.95. The minimum atomic E-state index is 0.0310. The molecule has 1 heterocycles. The highest BCUT2D eigenvalue weighted by atomic mass is 16.4. The number of nitrogens with one attached hydrogen (secondary N) is 1. The highest BCUT2D eigenvalue weighted by molar-refractivity contribution is 5.96. The Morgan fingerprint density at radius 2 is 2.05 bits per heavy atom. The number of pyridine rings is 1. The predicted octanol–water partition coefficient (Wildman–Crippen LogP) is 2.07. The fourth-order valence-electron chi connectivity index (χ4n) is 2.18. The van der Waals surface area contributed by atoms with Gasteiger partial charge in [-0.05, 0) is 23.1 Å². The number of amidine groups is 1. The van der Waals surface area contributed by atoms with Gasteiger partial charge < -0.3 is 16.3 Å². The van der Waals surface area contributed by atoms with Crippen molar-refractivity contribution in [2.75, 3.05) is 6.54 Å². The first-order valence-corrected chi connectivity index (χ1v) is 6.90. The number of oxime groups is 1. The van der Waals surface area contributed by atoms with Crippen molar-refractivity contribution in [1.29, 1.82) is 0 Å². The van der Waals surface area contributed by atoms with Crippen LogP contribution in [0.1, 0.15) is 29.7 Å². The lowest BCUT2D eigenvalue weighted by atomic mass is 10.0. The maximum Gasteiger partial charge on any atom is 0.189 e. The molecule has 21 heavy (non-hydrogen) atoms. The third-order valence-electron chi connectivity index (χ3n) is 3.38. The molecule has 0 saturated carbocycles. The Morgan fingerprint density at radius 3 is 2.76 bits per heavy atom. The quantitative estimate of drug-likeness (QED) is 0.328. The minimum Gasteiger partial charge on any atom is -0.409 e. The fourth-order valence-corrected chi connectivity index (χ4v) is 2.18. The number of benzene rings is 1. The lowest BCUT2D eigenvalue weighted by molar-refractivity contribution is 0.318. The van der Waals surface area contributed by atoms with E-state index in [-0.39, 0.29) is 5.84 Å². The lowest BCUT2D eigenvalue weighted by Crippen LogP contribution is -2.23. The van der Waals surface area contributed by atoms with Crippen molar-refractivity contribution in [1.82, 2.24) is 10.3 Å². The van der Waals surface area contributed by atoms with Gasteiger partial charge in [-0.25, -0.2) is 0 Å². The number of aromatic nitrogens is 1. The highest BCUT2D eigenvalue weighted by Crippen LogP contribution is 2.13. The molecular weight excluding hydrogens is 264 g/mol. The smallest absolute Gasteiger partial charge is 0.189 e. The molecule has 5 heteroatoms. The van der Waals surface area contributed by atoms with Crippen molar-refractivity contribution in [3.05, 3.63) is 65.5 Å². The standard InChI is InChI=1S/C16H20N4O/c1-12(13-6-3-2-4-7-13)10-18-11-14-8-5-9-19-15(14)16(17)20-21/h2-9,12,18,21H,10-11H2,1H3,(H2,17,20). The summed E-state index contributed by atoms with van der Waals surface area (Å²) in [6.45, 7) is 3.64. The largest absolute Gasteiger partial charge is 0.409 e. The van der Waals surface area contributed by atoms with Crippen molar-refractivity contribution in [3.8, 4) is 0 Å². The molecule has 1 aromatic heterocycles. The molecule has 0 aliphatic carbocycles. The maximum atomic E-state index is 8.78. The molecule has 1 atom stereocenters. The third-order valence-corrected chi connectivity index (χ3v) is 3.38. The number of hydrogen-bond donors (Lipinski definition) is 3. The predicted molar refractivity (Wildman–Crippen MR) is 83.3 cm³/mol. The second-order valence-electron chi connectivity index (χ2n) is 4.94. The molecular formula is C16H20N4O. The molecule has 0 fully saturated rings. The number of rotatable bonds is 6. The summed E-state index contributed by atoms with van der Waals surface area (Å²) in [6.07, 6.45) is 1.63. The molecule has 0 spiro atoms. The minimum absolute atomic E-state index is 0.0310. The van der Waals surface area contributed by atoms with Crippen LogP contribution in [0.2, 0.25) is 0 Å². The van der Waals surface area contributed by atoms with Crippen LogP contribution in [0.3, 0.4) is 0 Å². The average molecular weight is 284 g/mol. The van der Waals surface area contributed by atoms with Crippen LogP contribution in [-0.2, 0) is 6.54 Å². The summed E-state index contributed by atoms with van der Waals surface area (Å²) in [7, 11) is 0. The van der Waals surface area contributed by atoms with Crippen LogP contribution < -0.4 is 11.1 Å². The molecule has 5 nitrogen and oxygen atoms in total. The van der Waals surface area contributed by atoms with Crippen LogP contribution in [-0.4, -0.2) is 22.6 Å². The van der Waals surface area contributed by atoms with Gasteiger partial charge in [0, 0.05) is 19.3 Å². The van der Waals surface area contributed by atoms with Crippen molar-refractivity contribution >= 4 is 5.84 Å². The highest BCUT2D eigenvalue weighted by Gasteiger charge is 2.09. The molecule has 2 aromatic rings. The van der Waals surface area contributed by atoms with Crippen LogP contribution in [0.5, 0.6) is 0 Å². The van der Waals surface area contributed by atoms with Gasteiger partial charge in [0.1, 0.15) is 5.69 Å². The summed E-state index contributed by atoms with van der Waals surface area (Å²) in [5.74, 6) is 0.443. The molecule has 0 amide bonds. The summed E-state index contributed by atoms with van der Waals surface area (Å²) in [5.41, 5.74) is 8.35. The van der Waals surface area contributed by atoms with Crippen molar-refractivity contribution < 1.29 is 5.21 Å². The summed E-state index contributed by atoms with van der Waals surface area (Å²) in [4.78, 5) is 4.15. The van der Waals surface area contributed by atoms with Crippen LogP contribution in [0.4, 0.5) is 0 Å². The van der Waals surface area contributed by atoms with Gasteiger partial charge in [-0.1, -0.05) is 48.5 Å². The first-order chi connectivity index (χ1) is 10.2. The molecule has 0 aliphatic heterocycles. The fraction of sp³-hybridized carbons (Fsp3) is 0.250. The summed E-state index contributed by atoms with van der Waals surface area (Å²) in [5, 5.41) is 15.2. The van der Waals surface area contributed by atoms with Gasteiger partial charge in [0.2, 0.25) is 0 Å². The maximum absolute atomic E-state index is 8.78. The SMILES string of the molecule is CC(CNCc1cccnc1/C(N)=N/O)c1ccccc1. The van der Waals surface area contributed by atoms with E-state index in [1.54, 1.807) is 6.20 Å². The Labute approximate surface area is 124 Å². The molecule has 1 aromatic carbocycles. The van der Waals surface area contributed by atoms with E-state index in [1.165, 1.54) is 5.56 Å². The first kappa shape index (κ1) is 15.0. The van der Waals surface area contributed by atoms with E-state index >= 15 is 0 Å². The van der Waals surface area contributed by atoms with Gasteiger partial charge in [0.25, 0.3) is 0 Å². The van der Waals surface area contributed by atoms with Gasteiger partial charge in [-0.3, -0.25) is 4.98 Å². The lowest BCUT2D eigenvalue weighted by Gasteiger charge is -2.14. The topological polar surface area (TPSA) is 83.5 Å². The zero-order chi connectivity index (χ0) is 15.1. The van der Waals surface area contributed by atoms with Gasteiger partial charge in [-0.2, -0.15) is 0 Å². The van der Waals surface area contributed by atoms with Crippen LogP contribution in [0.15, 0.2) is 53.8 Å². The Morgan fingerprint density at radius 1 is 1.29 bits per heavy atom. The number of hydrogen-bond acceptors (Lipinski definition) is 4. The molecule has 0 bridgehead atoms. The Bertz CT molecular complexity index is 598. The van der Waals surface area contributed by atoms with Crippen LogP contribution in [0.25, 0.3) is 0 Å². The number of nitrogens with two attached hydrogens (primary N) is 1. The molecule has 0 radical (unpaired) electrons. The Kier molecular flexibility index (Phi) is 5.29. The molecule has 4 N–H and O–H groups in total. The van der Waals surface area contributed by atoms with Gasteiger partial charge in [0.15, 0.2) is 5.84 Å². The Hall–Kier alpha value is -2.40. The van der Waals surface area contributed by atoms with Crippen LogP contribution in [0, 0.1) is 0 Å². The van der Waals surface area contributed by atoms with Crippen molar-refractivity contribution in [3.63, 3.8) is 0 Å². The van der Waals surface area contributed by atoms with E-state index in [9.17, 15) is 0 Å². The monoisotopic (exact) mass is 284 g/mol. The zero-order valence-electron chi connectivity index (χ0n) is 12.0. The summed E-state index contributed by atoms with van der Waals surface area (Å²) in [6, 6.07) is 14.1. The van der Waals surface area contributed by atoms with E-state index in [0.29, 0.717) is 18.2 Å². The second kappa shape index (κ2) is 7.40. The number of nitrogens with zero attached hydrogens (tertiary/aromatic N) is 2. The van der Waals surface area contributed by atoms with Gasteiger partial charge in [0.05, 0.1) is 0 Å². The summed E-state index contributed by atoms with van der Waals surface area (Å²) >= 11 is 0. The van der Waals surface area contributed by atoms with E-state index in [2.05, 4.69) is 34.5 Å². The van der Waals surface area contributed by atoms with E-state index in [0.717, 1.165) is 12.1 Å². The van der Waals surface area contributed by atoms with E-state index in [4.69, 9.17) is 10.9 Å². The first-order valence-electron chi connectivity index (χ1n) is 6.90. The zero-order valence-corrected chi connectivity index (χ0v) is 12.0. The third kappa shape index (κ3) is 4.03. The van der Waals surface area contributed by atoms with E-state index < -0.39 is 0 Å². The molecule has 110 valence electrons. The molecule has 0 aliphatic rings. The molecule has 1 unspecified atom stereocenters. The van der Waals surface area contributed by atoms with Crippen molar-refractivity contribution in [2.45, 2.75) is 19.4 Å². The summed E-state index contributed by atoms with van der Waals surface area (Å²) < 4.78 is 0. The molecule has 2 rings (SSSR count). The average Bonchev–Trinajstić information content (AvgIpc) is 2.55. The van der Waals surface area contributed by atoms with E-state index in [1.807, 2.05) is 30.3 Å². The van der Waals surface area contributed by atoms with Crippen molar-refractivity contribution in [2.24, 2.45) is 10.9 Å². The van der Waals surface area contributed by atoms with Gasteiger partial charge >= 0.3 is 0 Å².